The van der Waals surface area contributed by atoms with Crippen molar-refractivity contribution in [2.24, 2.45) is 0 Å². The second kappa shape index (κ2) is 7.84. The van der Waals surface area contributed by atoms with Crippen molar-refractivity contribution >= 4 is 17.5 Å². The summed E-state index contributed by atoms with van der Waals surface area (Å²) in [4.78, 5) is 23.6. The van der Waals surface area contributed by atoms with Gasteiger partial charge in [-0.3, -0.25) is 9.59 Å². The maximum absolute atomic E-state index is 11.8. The summed E-state index contributed by atoms with van der Waals surface area (Å²) in [5.74, 6) is -0.791. The molecule has 0 saturated heterocycles. The number of rotatable bonds is 5. The molecule has 2 amide bonds. The molecule has 0 spiro atoms. The highest BCUT2D eigenvalue weighted by atomic mass is 16.5. The first-order valence-corrected chi connectivity index (χ1v) is 7.19. The van der Waals surface area contributed by atoms with Crippen LogP contribution in [0, 0.1) is 0 Å². The zero-order valence-corrected chi connectivity index (χ0v) is 12.7. The quantitative estimate of drug-likeness (QED) is 0.737. The Hall–Kier alpha value is -3.02. The number of ether oxygens (including phenoxy) is 1. The summed E-state index contributed by atoms with van der Waals surface area (Å²) in [5, 5.41) is 14.6. The number of aromatic hydroxyl groups is 1. The van der Waals surface area contributed by atoms with Crippen molar-refractivity contribution < 1.29 is 19.4 Å². The number of carbonyl (C=O) groups excluding carboxylic acids is 2. The molecule has 0 aliphatic heterocycles. The molecule has 0 bridgehead atoms. The van der Waals surface area contributed by atoms with Gasteiger partial charge in [0.2, 0.25) is 0 Å². The molecule has 2 rings (SSSR count). The fourth-order valence-corrected chi connectivity index (χ4v) is 1.91. The van der Waals surface area contributed by atoms with Gasteiger partial charge in [-0.2, -0.15) is 0 Å². The van der Waals surface area contributed by atoms with Crippen molar-refractivity contribution in [1.29, 1.82) is 0 Å². The first-order valence-electron chi connectivity index (χ1n) is 7.19. The topological polar surface area (TPSA) is 87.7 Å². The maximum atomic E-state index is 11.8. The number of hydrogen-bond donors (Lipinski definition) is 3. The zero-order valence-electron chi connectivity index (χ0n) is 12.7. The molecule has 2 aromatic rings. The first kappa shape index (κ1) is 16.4. The molecule has 0 fully saturated rings. The van der Waals surface area contributed by atoms with Crippen LogP contribution in [0.2, 0.25) is 0 Å². The molecule has 120 valence electrons. The number of amides is 2. The molecule has 0 aliphatic carbocycles. The van der Waals surface area contributed by atoms with Crippen LogP contribution in [0.1, 0.15) is 12.5 Å². The Morgan fingerprint density at radius 1 is 1.04 bits per heavy atom. The Bertz CT molecular complexity index is 683. The SMILES string of the molecule is CCOc1ccc(NC(=O)C(=O)NCc2ccccc2O)cc1. The fraction of sp³-hybridized carbons (Fsp3) is 0.176. The molecule has 0 atom stereocenters. The maximum Gasteiger partial charge on any atom is 0.313 e. The van der Waals surface area contributed by atoms with Crippen molar-refractivity contribution in [1.82, 2.24) is 5.32 Å². The van der Waals surface area contributed by atoms with Crippen LogP contribution in [-0.4, -0.2) is 23.5 Å². The lowest BCUT2D eigenvalue weighted by atomic mass is 10.2. The molecular weight excluding hydrogens is 296 g/mol. The van der Waals surface area contributed by atoms with E-state index in [0.29, 0.717) is 23.6 Å². The third kappa shape index (κ3) is 4.74. The van der Waals surface area contributed by atoms with Gasteiger partial charge in [0.05, 0.1) is 6.61 Å². The van der Waals surface area contributed by atoms with Crippen molar-refractivity contribution in [3.63, 3.8) is 0 Å². The van der Waals surface area contributed by atoms with E-state index in [1.165, 1.54) is 6.07 Å². The van der Waals surface area contributed by atoms with Crippen LogP contribution in [-0.2, 0) is 16.1 Å². The molecule has 6 nitrogen and oxygen atoms in total. The molecule has 2 aromatic carbocycles. The lowest BCUT2D eigenvalue weighted by molar-refractivity contribution is -0.136. The summed E-state index contributed by atoms with van der Waals surface area (Å²) in [7, 11) is 0. The van der Waals surface area contributed by atoms with Gasteiger partial charge in [0, 0.05) is 17.8 Å². The van der Waals surface area contributed by atoms with Gasteiger partial charge in [0.15, 0.2) is 0 Å². The third-order valence-corrected chi connectivity index (χ3v) is 3.06. The molecule has 23 heavy (non-hydrogen) atoms. The summed E-state index contributed by atoms with van der Waals surface area (Å²) >= 11 is 0. The molecule has 0 aromatic heterocycles. The van der Waals surface area contributed by atoms with E-state index in [1.807, 2.05) is 6.92 Å². The van der Waals surface area contributed by atoms with Gasteiger partial charge in [-0.25, -0.2) is 0 Å². The monoisotopic (exact) mass is 314 g/mol. The predicted molar refractivity (Wildman–Crippen MR) is 86.2 cm³/mol. The summed E-state index contributed by atoms with van der Waals surface area (Å²) in [6, 6.07) is 13.3. The highest BCUT2D eigenvalue weighted by Crippen LogP contribution is 2.16. The van der Waals surface area contributed by atoms with Gasteiger partial charge in [0.25, 0.3) is 0 Å². The van der Waals surface area contributed by atoms with Gasteiger partial charge in [0.1, 0.15) is 11.5 Å². The zero-order chi connectivity index (χ0) is 16.7. The second-order valence-electron chi connectivity index (χ2n) is 4.72. The molecule has 0 heterocycles. The van der Waals surface area contributed by atoms with Gasteiger partial charge >= 0.3 is 11.8 Å². The summed E-state index contributed by atoms with van der Waals surface area (Å²) in [6.07, 6.45) is 0. The van der Waals surface area contributed by atoms with Crippen LogP contribution in [0.15, 0.2) is 48.5 Å². The minimum Gasteiger partial charge on any atom is -0.508 e. The van der Waals surface area contributed by atoms with E-state index < -0.39 is 11.8 Å². The van der Waals surface area contributed by atoms with E-state index in [9.17, 15) is 14.7 Å². The van der Waals surface area contributed by atoms with Crippen molar-refractivity contribution in [3.05, 3.63) is 54.1 Å². The lowest BCUT2D eigenvalue weighted by Crippen LogP contribution is -2.34. The second-order valence-corrected chi connectivity index (χ2v) is 4.72. The van der Waals surface area contributed by atoms with Gasteiger partial charge in [-0.15, -0.1) is 0 Å². The Morgan fingerprint density at radius 2 is 1.74 bits per heavy atom. The van der Waals surface area contributed by atoms with Gasteiger partial charge < -0.3 is 20.5 Å². The Kier molecular flexibility index (Phi) is 5.57. The van der Waals surface area contributed by atoms with Crippen molar-refractivity contribution in [2.75, 3.05) is 11.9 Å². The highest BCUT2D eigenvalue weighted by molar-refractivity contribution is 6.39. The van der Waals surface area contributed by atoms with Crippen LogP contribution in [0.3, 0.4) is 0 Å². The van der Waals surface area contributed by atoms with Crippen molar-refractivity contribution in [2.45, 2.75) is 13.5 Å². The molecule has 0 unspecified atom stereocenters. The molecule has 3 N–H and O–H groups in total. The number of anilines is 1. The lowest BCUT2D eigenvalue weighted by Gasteiger charge is -2.08. The number of para-hydroxylation sites is 1. The first-order chi connectivity index (χ1) is 11.1. The molecule has 0 aliphatic rings. The Labute approximate surface area is 134 Å². The smallest absolute Gasteiger partial charge is 0.313 e. The van der Waals surface area contributed by atoms with Crippen LogP contribution >= 0.6 is 0 Å². The molecule has 0 saturated carbocycles. The van der Waals surface area contributed by atoms with E-state index in [1.54, 1.807) is 42.5 Å². The van der Waals surface area contributed by atoms with E-state index >= 15 is 0 Å². The van der Waals surface area contributed by atoms with Crippen LogP contribution in [0.5, 0.6) is 11.5 Å². The van der Waals surface area contributed by atoms with E-state index in [4.69, 9.17) is 4.74 Å². The predicted octanol–water partition coefficient (Wildman–Crippen LogP) is 2.05. The van der Waals surface area contributed by atoms with E-state index in [2.05, 4.69) is 10.6 Å². The summed E-state index contributed by atoms with van der Waals surface area (Å²) < 4.78 is 5.30. The average Bonchev–Trinajstić information content (AvgIpc) is 2.56. The van der Waals surface area contributed by atoms with Gasteiger partial charge in [-0.1, -0.05) is 18.2 Å². The number of carbonyl (C=O) groups is 2. The fourth-order valence-electron chi connectivity index (χ4n) is 1.91. The largest absolute Gasteiger partial charge is 0.508 e. The minimum atomic E-state index is -0.776. The van der Waals surface area contributed by atoms with Crippen molar-refractivity contribution in [3.8, 4) is 11.5 Å². The van der Waals surface area contributed by atoms with E-state index in [-0.39, 0.29) is 12.3 Å². The number of phenolic OH excluding ortho intramolecular Hbond substituents is 1. The molecule has 6 heteroatoms. The Morgan fingerprint density at radius 3 is 2.39 bits per heavy atom. The standard InChI is InChI=1S/C17H18N2O4/c1-2-23-14-9-7-13(8-10-14)19-17(22)16(21)18-11-12-5-3-4-6-15(12)20/h3-10,20H,2,11H2,1H3,(H,18,21)(H,19,22). The number of hydrogen-bond acceptors (Lipinski definition) is 4. The third-order valence-electron chi connectivity index (χ3n) is 3.06. The average molecular weight is 314 g/mol. The number of benzene rings is 2. The van der Waals surface area contributed by atoms with E-state index in [0.717, 1.165) is 0 Å². The van der Waals surface area contributed by atoms with Gasteiger partial charge in [-0.05, 0) is 37.3 Å². The number of nitrogens with one attached hydrogen (secondary N) is 2. The summed E-state index contributed by atoms with van der Waals surface area (Å²) in [5.41, 5.74) is 1.03. The van der Waals surface area contributed by atoms with Crippen LogP contribution in [0.25, 0.3) is 0 Å². The molecule has 0 radical (unpaired) electrons. The normalized spacial score (nSPS) is 9.96. The van der Waals surface area contributed by atoms with Crippen LogP contribution < -0.4 is 15.4 Å². The Balaban J connectivity index is 1.87. The highest BCUT2D eigenvalue weighted by Gasteiger charge is 2.14. The minimum absolute atomic E-state index is 0.0692. The molecular formula is C17H18N2O4. The number of phenols is 1. The summed E-state index contributed by atoms with van der Waals surface area (Å²) in [6.45, 7) is 2.51. The van der Waals surface area contributed by atoms with Crippen LogP contribution in [0.4, 0.5) is 5.69 Å².